The number of benzene rings is 1. The molecule has 3 aromatic rings. The van der Waals surface area contributed by atoms with Crippen LogP contribution in [0.2, 0.25) is 0 Å². The smallest absolute Gasteiger partial charge is 0.166 e. The predicted molar refractivity (Wildman–Crippen MR) is 88.0 cm³/mol. The molecular weight excluding hydrogens is 306 g/mol. The summed E-state index contributed by atoms with van der Waals surface area (Å²) in [5.41, 5.74) is 8.02. The summed E-state index contributed by atoms with van der Waals surface area (Å²) >= 11 is 0. The molecule has 0 saturated heterocycles. The van der Waals surface area contributed by atoms with Crippen LogP contribution < -0.4 is 5.73 Å². The Morgan fingerprint density at radius 2 is 2.04 bits per heavy atom. The lowest BCUT2D eigenvalue weighted by atomic mass is 9.79. The van der Waals surface area contributed by atoms with Gasteiger partial charge in [-0.3, -0.25) is 4.79 Å². The van der Waals surface area contributed by atoms with Crippen molar-refractivity contribution in [1.29, 1.82) is 0 Å². The van der Waals surface area contributed by atoms with Crippen LogP contribution in [0.1, 0.15) is 18.0 Å². The minimum atomic E-state index is -0.241. The molecule has 1 aromatic carbocycles. The molecule has 24 heavy (non-hydrogen) atoms. The Bertz CT molecular complexity index is 877. The number of ketones is 1. The maximum atomic E-state index is 12.4. The first-order valence-electron chi connectivity index (χ1n) is 7.82. The van der Waals surface area contributed by atoms with Crippen molar-refractivity contribution in [3.63, 3.8) is 0 Å². The Balaban J connectivity index is 1.38. The second kappa shape index (κ2) is 6.01. The molecule has 122 valence electrons. The van der Waals surface area contributed by atoms with Gasteiger partial charge >= 0.3 is 0 Å². The highest BCUT2D eigenvalue weighted by molar-refractivity contribution is 5.92. The highest BCUT2D eigenvalue weighted by Gasteiger charge is 2.41. The molecule has 0 spiro atoms. The number of anilines is 1. The molecule has 2 heterocycles. The van der Waals surface area contributed by atoms with E-state index in [0.29, 0.717) is 30.2 Å². The molecule has 1 fully saturated rings. The minimum absolute atomic E-state index is 0.0738. The standard InChI is InChI=1S/C17H17N5O2/c18-16-14-17(20-9-19-16)22(10-21-14)13-6-12(15(13)23)8-24-7-11-4-2-1-3-5-11/h1-5,9-10,12-13H,6-8H2,(H2,18,19,20). The van der Waals surface area contributed by atoms with Crippen molar-refractivity contribution in [1.82, 2.24) is 19.5 Å². The van der Waals surface area contributed by atoms with Crippen LogP contribution in [-0.2, 0) is 16.1 Å². The first-order chi connectivity index (χ1) is 11.7. The van der Waals surface area contributed by atoms with Crippen LogP contribution in [0.15, 0.2) is 43.0 Å². The largest absolute Gasteiger partial charge is 0.382 e. The lowest BCUT2D eigenvalue weighted by molar-refractivity contribution is -0.137. The molecule has 1 saturated carbocycles. The predicted octanol–water partition coefficient (Wildman–Crippen LogP) is 1.76. The summed E-state index contributed by atoms with van der Waals surface area (Å²) in [4.78, 5) is 24.7. The number of imidazole rings is 1. The topological polar surface area (TPSA) is 95.9 Å². The third kappa shape index (κ3) is 2.52. The lowest BCUT2D eigenvalue weighted by Gasteiger charge is -2.34. The number of carbonyl (C=O) groups excluding carboxylic acids is 1. The molecule has 0 amide bonds. The van der Waals surface area contributed by atoms with Crippen LogP contribution in [-0.4, -0.2) is 31.9 Å². The fraction of sp³-hybridized carbons (Fsp3) is 0.294. The Labute approximate surface area is 138 Å². The first-order valence-corrected chi connectivity index (χ1v) is 7.82. The molecule has 0 bridgehead atoms. The number of rotatable bonds is 5. The molecule has 2 aromatic heterocycles. The summed E-state index contributed by atoms with van der Waals surface area (Å²) in [7, 11) is 0. The number of carbonyl (C=O) groups is 1. The summed E-state index contributed by atoms with van der Waals surface area (Å²) in [5.74, 6) is 0.406. The van der Waals surface area contributed by atoms with E-state index in [1.54, 1.807) is 10.9 Å². The average molecular weight is 323 g/mol. The van der Waals surface area contributed by atoms with Gasteiger partial charge in [-0.1, -0.05) is 30.3 Å². The molecule has 2 atom stereocenters. The number of nitrogen functional groups attached to an aromatic ring is 1. The summed E-state index contributed by atoms with van der Waals surface area (Å²) in [5, 5.41) is 0. The van der Waals surface area contributed by atoms with Crippen molar-refractivity contribution in [3.8, 4) is 0 Å². The number of nitrogens with two attached hydrogens (primary N) is 1. The second-order valence-corrected chi connectivity index (χ2v) is 5.93. The van der Waals surface area contributed by atoms with Crippen LogP contribution >= 0.6 is 0 Å². The Morgan fingerprint density at radius 3 is 2.83 bits per heavy atom. The molecule has 1 aliphatic carbocycles. The van der Waals surface area contributed by atoms with E-state index in [1.165, 1.54) is 6.33 Å². The number of nitrogens with zero attached hydrogens (tertiary/aromatic N) is 4. The van der Waals surface area contributed by atoms with Gasteiger partial charge in [-0.05, 0) is 12.0 Å². The Morgan fingerprint density at radius 1 is 1.21 bits per heavy atom. The van der Waals surface area contributed by atoms with Gasteiger partial charge in [-0.25, -0.2) is 15.0 Å². The molecule has 7 heteroatoms. The van der Waals surface area contributed by atoms with Gasteiger partial charge in [0.25, 0.3) is 0 Å². The van der Waals surface area contributed by atoms with Gasteiger partial charge in [0.05, 0.1) is 25.6 Å². The van der Waals surface area contributed by atoms with E-state index in [0.717, 1.165) is 12.0 Å². The molecule has 0 aliphatic heterocycles. The lowest BCUT2D eigenvalue weighted by Crippen LogP contribution is -2.41. The zero-order chi connectivity index (χ0) is 16.5. The van der Waals surface area contributed by atoms with E-state index in [4.69, 9.17) is 10.5 Å². The van der Waals surface area contributed by atoms with Crippen LogP contribution in [0.5, 0.6) is 0 Å². The van der Waals surface area contributed by atoms with Gasteiger partial charge in [0, 0.05) is 5.92 Å². The maximum absolute atomic E-state index is 12.4. The van der Waals surface area contributed by atoms with Gasteiger partial charge in [0.15, 0.2) is 17.2 Å². The molecular formula is C17H17N5O2. The van der Waals surface area contributed by atoms with E-state index in [9.17, 15) is 4.79 Å². The molecule has 7 nitrogen and oxygen atoms in total. The molecule has 2 N–H and O–H groups in total. The third-order valence-corrected chi connectivity index (χ3v) is 4.39. The monoisotopic (exact) mass is 323 g/mol. The van der Waals surface area contributed by atoms with Crippen LogP contribution in [0.4, 0.5) is 5.82 Å². The zero-order valence-corrected chi connectivity index (χ0v) is 13.0. The average Bonchev–Trinajstić information content (AvgIpc) is 3.03. The van der Waals surface area contributed by atoms with Crippen molar-refractivity contribution in [2.45, 2.75) is 19.1 Å². The molecule has 1 aliphatic rings. The van der Waals surface area contributed by atoms with Crippen molar-refractivity contribution in [2.75, 3.05) is 12.3 Å². The van der Waals surface area contributed by atoms with E-state index in [1.807, 2.05) is 30.3 Å². The van der Waals surface area contributed by atoms with Gasteiger partial charge in [-0.15, -0.1) is 0 Å². The highest BCUT2D eigenvalue weighted by atomic mass is 16.5. The van der Waals surface area contributed by atoms with Crippen LogP contribution in [0.25, 0.3) is 11.2 Å². The van der Waals surface area contributed by atoms with Crippen molar-refractivity contribution in [3.05, 3.63) is 48.5 Å². The fourth-order valence-electron chi connectivity index (χ4n) is 3.01. The quantitative estimate of drug-likeness (QED) is 0.768. The van der Waals surface area contributed by atoms with Crippen molar-refractivity contribution in [2.24, 2.45) is 5.92 Å². The number of hydrogen-bond acceptors (Lipinski definition) is 6. The molecule has 2 unspecified atom stereocenters. The summed E-state index contributed by atoms with van der Waals surface area (Å²) in [6, 6.07) is 9.69. The molecule has 4 rings (SSSR count). The highest BCUT2D eigenvalue weighted by Crippen LogP contribution is 2.36. The number of fused-ring (bicyclic) bond motifs is 1. The number of ether oxygens (including phenoxy) is 1. The van der Waals surface area contributed by atoms with E-state index in [-0.39, 0.29) is 17.7 Å². The maximum Gasteiger partial charge on any atom is 0.166 e. The normalized spacial score (nSPS) is 20.2. The number of Topliss-reactive ketones (excluding diaryl/α,β-unsaturated/α-hetero) is 1. The third-order valence-electron chi connectivity index (χ3n) is 4.39. The van der Waals surface area contributed by atoms with Crippen LogP contribution in [0, 0.1) is 5.92 Å². The van der Waals surface area contributed by atoms with Crippen LogP contribution in [0.3, 0.4) is 0 Å². The summed E-state index contributed by atoms with van der Waals surface area (Å²) in [6.07, 6.45) is 3.72. The van der Waals surface area contributed by atoms with Crippen molar-refractivity contribution >= 4 is 22.8 Å². The number of hydrogen-bond donors (Lipinski definition) is 1. The first kappa shape index (κ1) is 14.8. The Kier molecular flexibility index (Phi) is 3.70. The molecule has 0 radical (unpaired) electrons. The van der Waals surface area contributed by atoms with Gasteiger partial charge in [0.2, 0.25) is 0 Å². The Hall–Kier alpha value is -2.80. The fourth-order valence-corrected chi connectivity index (χ4v) is 3.01. The summed E-state index contributed by atoms with van der Waals surface area (Å²) in [6.45, 7) is 0.959. The minimum Gasteiger partial charge on any atom is -0.382 e. The number of aromatic nitrogens is 4. The van der Waals surface area contributed by atoms with E-state index in [2.05, 4.69) is 15.0 Å². The SMILES string of the molecule is Nc1ncnc2c1ncn2C1CC(COCc2ccccc2)C1=O. The van der Waals surface area contributed by atoms with Gasteiger partial charge in [-0.2, -0.15) is 0 Å². The summed E-state index contributed by atoms with van der Waals surface area (Å²) < 4.78 is 7.46. The van der Waals surface area contributed by atoms with E-state index < -0.39 is 0 Å². The van der Waals surface area contributed by atoms with Gasteiger partial charge in [0.1, 0.15) is 11.8 Å². The zero-order valence-electron chi connectivity index (χ0n) is 13.0. The van der Waals surface area contributed by atoms with Gasteiger partial charge < -0.3 is 15.0 Å². The second-order valence-electron chi connectivity index (χ2n) is 5.93. The van der Waals surface area contributed by atoms with E-state index >= 15 is 0 Å². The van der Waals surface area contributed by atoms with Crippen molar-refractivity contribution < 1.29 is 9.53 Å².